The standard InChI is InChI=1S/C38H43N3O6/c1-3-45-36(43)23-40-38(44)39-22-29-11-7-12-31(19-29)32-13-8-14-33(20-32)37-46-34(25-41(2)24-27-9-5-4-6-10-27)21-35(47-37)30-17-15-28(26-42)16-18-30/h4-20,34-35,37,42H,3,21-26H2,1-2H3,(H2,39,40,44)/t34-,35+,37+/m0/s1. The van der Waals surface area contributed by atoms with Crippen molar-refractivity contribution in [2.24, 2.45) is 0 Å². The van der Waals surface area contributed by atoms with Crippen LogP contribution in [-0.4, -0.2) is 54.9 Å². The Morgan fingerprint density at radius 3 is 2.30 bits per heavy atom. The van der Waals surface area contributed by atoms with Crippen LogP contribution < -0.4 is 10.6 Å². The average Bonchev–Trinajstić information content (AvgIpc) is 3.10. The molecule has 2 amide bonds. The monoisotopic (exact) mass is 637 g/mol. The zero-order chi connectivity index (χ0) is 33.0. The molecule has 3 atom stereocenters. The summed E-state index contributed by atoms with van der Waals surface area (Å²) in [6.45, 7) is 3.65. The number of rotatable bonds is 13. The summed E-state index contributed by atoms with van der Waals surface area (Å²) < 4.78 is 18.1. The van der Waals surface area contributed by atoms with E-state index in [0.29, 0.717) is 13.0 Å². The number of esters is 1. The molecule has 0 radical (unpaired) electrons. The van der Waals surface area contributed by atoms with Crippen molar-refractivity contribution in [1.29, 1.82) is 0 Å². The highest BCUT2D eigenvalue weighted by atomic mass is 16.7. The number of benzene rings is 4. The quantitative estimate of drug-likeness (QED) is 0.157. The van der Waals surface area contributed by atoms with Crippen LogP contribution in [-0.2, 0) is 38.7 Å². The molecule has 246 valence electrons. The fourth-order valence-electron chi connectivity index (χ4n) is 5.68. The van der Waals surface area contributed by atoms with Crippen molar-refractivity contribution in [2.45, 2.75) is 51.5 Å². The van der Waals surface area contributed by atoms with Gasteiger partial charge in [-0.25, -0.2) is 4.79 Å². The number of aliphatic hydroxyl groups excluding tert-OH is 1. The molecule has 3 N–H and O–H groups in total. The zero-order valence-electron chi connectivity index (χ0n) is 26.9. The van der Waals surface area contributed by atoms with Gasteiger partial charge < -0.3 is 30.0 Å². The SMILES string of the molecule is CCOC(=O)CNC(=O)NCc1cccc(-c2cccc([C@@H]3O[C@H](CN(C)Cc4ccccc4)C[C@H](c4ccc(CO)cc4)O3)c2)c1. The minimum Gasteiger partial charge on any atom is -0.465 e. The lowest BCUT2D eigenvalue weighted by Gasteiger charge is -2.38. The fourth-order valence-corrected chi connectivity index (χ4v) is 5.68. The Morgan fingerprint density at radius 1 is 0.830 bits per heavy atom. The van der Waals surface area contributed by atoms with Crippen molar-refractivity contribution in [3.63, 3.8) is 0 Å². The van der Waals surface area contributed by atoms with Crippen molar-refractivity contribution >= 4 is 12.0 Å². The van der Waals surface area contributed by atoms with E-state index in [4.69, 9.17) is 14.2 Å². The first-order valence-corrected chi connectivity index (χ1v) is 16.0. The molecule has 9 heteroatoms. The Bertz CT molecular complexity index is 1600. The third-order valence-corrected chi connectivity index (χ3v) is 8.00. The largest absolute Gasteiger partial charge is 0.465 e. The second-order valence-electron chi connectivity index (χ2n) is 11.7. The summed E-state index contributed by atoms with van der Waals surface area (Å²) in [5, 5.41) is 14.8. The van der Waals surface area contributed by atoms with Crippen LogP contribution in [0.4, 0.5) is 4.79 Å². The van der Waals surface area contributed by atoms with Crippen molar-refractivity contribution in [3.8, 4) is 11.1 Å². The second kappa shape index (κ2) is 16.9. The summed E-state index contributed by atoms with van der Waals surface area (Å²) in [6, 6.07) is 34.0. The van der Waals surface area contributed by atoms with Crippen LogP contribution in [0.25, 0.3) is 11.1 Å². The van der Waals surface area contributed by atoms with Crippen molar-refractivity contribution in [1.82, 2.24) is 15.5 Å². The minimum atomic E-state index is -0.575. The van der Waals surface area contributed by atoms with Gasteiger partial charge in [-0.2, -0.15) is 0 Å². The Morgan fingerprint density at radius 2 is 1.55 bits per heavy atom. The molecule has 1 aliphatic heterocycles. The van der Waals surface area contributed by atoms with E-state index in [-0.39, 0.29) is 32.0 Å². The number of nitrogens with zero attached hydrogens (tertiary/aromatic N) is 1. The fraction of sp³-hybridized carbons (Fsp3) is 0.316. The maximum absolute atomic E-state index is 12.2. The first-order chi connectivity index (χ1) is 22.9. The van der Waals surface area contributed by atoms with Gasteiger partial charge in [0.1, 0.15) is 6.54 Å². The molecule has 1 fully saturated rings. The Hall–Kier alpha value is -4.54. The Labute approximate surface area is 276 Å². The molecule has 0 aromatic heterocycles. The van der Waals surface area contributed by atoms with Crippen molar-refractivity contribution in [2.75, 3.05) is 26.7 Å². The van der Waals surface area contributed by atoms with Crippen molar-refractivity contribution < 1.29 is 28.9 Å². The molecule has 0 aliphatic carbocycles. The Balaban J connectivity index is 1.29. The summed E-state index contributed by atoms with van der Waals surface area (Å²) in [6.07, 6.45) is -0.118. The van der Waals surface area contributed by atoms with Gasteiger partial charge in [0.05, 0.1) is 25.4 Å². The van der Waals surface area contributed by atoms with Crippen LogP contribution in [0.2, 0.25) is 0 Å². The van der Waals surface area contributed by atoms with E-state index in [2.05, 4.69) is 52.9 Å². The molecular weight excluding hydrogens is 594 g/mol. The number of urea groups is 1. The van der Waals surface area contributed by atoms with E-state index in [1.165, 1.54) is 5.56 Å². The van der Waals surface area contributed by atoms with Crippen LogP contribution >= 0.6 is 0 Å². The first-order valence-electron chi connectivity index (χ1n) is 16.0. The number of aliphatic hydroxyl groups is 1. The van der Waals surface area contributed by atoms with Gasteiger partial charge in [0.15, 0.2) is 6.29 Å². The van der Waals surface area contributed by atoms with Crippen molar-refractivity contribution in [3.05, 3.63) is 131 Å². The van der Waals surface area contributed by atoms with E-state index in [1.54, 1.807) is 6.92 Å². The molecule has 1 aliphatic rings. The first kappa shape index (κ1) is 33.8. The molecule has 4 aromatic rings. The lowest BCUT2D eigenvalue weighted by atomic mass is 9.98. The van der Waals surface area contributed by atoms with Gasteiger partial charge in [-0.05, 0) is 59.5 Å². The summed E-state index contributed by atoms with van der Waals surface area (Å²) >= 11 is 0. The van der Waals surface area contributed by atoms with Gasteiger partial charge in [-0.3, -0.25) is 9.69 Å². The van der Waals surface area contributed by atoms with Gasteiger partial charge in [0.2, 0.25) is 0 Å². The third-order valence-electron chi connectivity index (χ3n) is 8.00. The molecule has 47 heavy (non-hydrogen) atoms. The summed E-state index contributed by atoms with van der Waals surface area (Å²) in [5.74, 6) is -0.480. The van der Waals surface area contributed by atoms with Crippen LogP contribution in [0.3, 0.4) is 0 Å². The van der Waals surface area contributed by atoms with E-state index in [0.717, 1.165) is 46.5 Å². The predicted octanol–water partition coefficient (Wildman–Crippen LogP) is 5.89. The highest BCUT2D eigenvalue weighted by molar-refractivity contribution is 5.80. The number of hydrogen-bond acceptors (Lipinski definition) is 7. The van der Waals surface area contributed by atoms with Crippen LogP contribution in [0.15, 0.2) is 103 Å². The molecule has 0 spiro atoms. The lowest BCUT2D eigenvalue weighted by molar-refractivity contribution is -0.252. The predicted molar refractivity (Wildman–Crippen MR) is 180 cm³/mol. The van der Waals surface area contributed by atoms with Crippen LogP contribution in [0.1, 0.15) is 53.6 Å². The summed E-state index contributed by atoms with van der Waals surface area (Å²) in [7, 11) is 2.11. The van der Waals surface area contributed by atoms with Crippen LogP contribution in [0.5, 0.6) is 0 Å². The van der Waals surface area contributed by atoms with Gasteiger partial charge in [-0.1, -0.05) is 91.0 Å². The molecule has 0 saturated carbocycles. The van der Waals surface area contributed by atoms with Crippen LogP contribution in [0, 0.1) is 0 Å². The van der Waals surface area contributed by atoms with E-state index in [9.17, 15) is 14.7 Å². The topological polar surface area (TPSA) is 109 Å². The smallest absolute Gasteiger partial charge is 0.325 e. The normalized spacial score (nSPS) is 17.7. The molecule has 0 unspecified atom stereocenters. The number of ether oxygens (including phenoxy) is 3. The number of likely N-dealkylation sites (N-methyl/N-ethyl adjacent to an activating group) is 1. The summed E-state index contributed by atoms with van der Waals surface area (Å²) in [4.78, 5) is 26.0. The van der Waals surface area contributed by atoms with E-state index in [1.807, 2.05) is 72.8 Å². The summed E-state index contributed by atoms with van der Waals surface area (Å²) in [5.41, 5.74) is 6.97. The van der Waals surface area contributed by atoms with Gasteiger partial charge in [0.25, 0.3) is 0 Å². The molecular formula is C38H43N3O6. The highest BCUT2D eigenvalue weighted by Gasteiger charge is 2.33. The third kappa shape index (κ3) is 9.97. The van der Waals surface area contributed by atoms with E-state index < -0.39 is 18.3 Å². The minimum absolute atomic E-state index is 0.00280. The maximum atomic E-state index is 12.2. The number of carbonyl (C=O) groups excluding carboxylic acids is 2. The molecule has 1 saturated heterocycles. The molecule has 4 aromatic carbocycles. The number of hydrogen-bond donors (Lipinski definition) is 3. The number of carbonyl (C=O) groups is 2. The zero-order valence-corrected chi connectivity index (χ0v) is 26.9. The molecule has 9 nitrogen and oxygen atoms in total. The lowest BCUT2D eigenvalue weighted by Crippen LogP contribution is -2.38. The molecule has 0 bridgehead atoms. The van der Waals surface area contributed by atoms with Gasteiger partial charge in [-0.15, -0.1) is 0 Å². The van der Waals surface area contributed by atoms with Gasteiger partial charge >= 0.3 is 12.0 Å². The number of amides is 2. The maximum Gasteiger partial charge on any atom is 0.325 e. The van der Waals surface area contributed by atoms with E-state index >= 15 is 0 Å². The second-order valence-corrected chi connectivity index (χ2v) is 11.7. The average molecular weight is 638 g/mol. The molecule has 5 rings (SSSR count). The highest BCUT2D eigenvalue weighted by Crippen LogP contribution is 2.39. The molecule has 1 heterocycles. The Kier molecular flexibility index (Phi) is 12.1. The van der Waals surface area contributed by atoms with Gasteiger partial charge in [0, 0.05) is 31.6 Å². The number of nitrogens with one attached hydrogen (secondary N) is 2.